The summed E-state index contributed by atoms with van der Waals surface area (Å²) in [6, 6.07) is 8.15. The van der Waals surface area contributed by atoms with Gasteiger partial charge < -0.3 is 4.74 Å². The molecule has 2 nitrogen and oxygen atoms in total. The van der Waals surface area contributed by atoms with Crippen molar-refractivity contribution < 1.29 is 4.74 Å². The fraction of sp³-hybridized carbons (Fsp3) is 0.214. The Balaban J connectivity index is 1.97. The highest BCUT2D eigenvalue weighted by Gasteiger charge is 2.32. The molecule has 0 saturated carbocycles. The second-order valence-electron chi connectivity index (χ2n) is 4.48. The van der Waals surface area contributed by atoms with Crippen LogP contribution in [-0.2, 0) is 6.42 Å². The van der Waals surface area contributed by atoms with Gasteiger partial charge in [-0.2, -0.15) is 0 Å². The molecule has 1 aliphatic carbocycles. The van der Waals surface area contributed by atoms with Crippen molar-refractivity contribution in [2.45, 2.75) is 12.3 Å². The minimum atomic E-state index is 0.207. The maximum atomic E-state index is 11.6. The summed E-state index contributed by atoms with van der Waals surface area (Å²) in [4.78, 5) is 14.1. The van der Waals surface area contributed by atoms with E-state index in [2.05, 4.69) is 12.1 Å². The van der Waals surface area contributed by atoms with Crippen LogP contribution in [-0.4, -0.2) is 6.61 Å². The highest BCUT2D eigenvalue weighted by molar-refractivity contribution is 7.27. The average molecular weight is 274 g/mol. The third-order valence-electron chi connectivity index (χ3n) is 3.48. The van der Waals surface area contributed by atoms with Crippen LogP contribution in [0.1, 0.15) is 21.2 Å². The van der Waals surface area contributed by atoms with Crippen molar-refractivity contribution in [3.63, 3.8) is 0 Å². The molecule has 2 heterocycles. The van der Waals surface area contributed by atoms with Crippen LogP contribution in [0.25, 0.3) is 0 Å². The number of fused-ring (bicyclic) bond motifs is 5. The average Bonchev–Trinajstić information content (AvgIpc) is 2.78. The predicted octanol–water partition coefficient (Wildman–Crippen LogP) is 3.18. The van der Waals surface area contributed by atoms with Gasteiger partial charge >= 0.3 is 0 Å². The number of rotatable bonds is 0. The maximum Gasteiger partial charge on any atom is 0.287 e. The zero-order valence-electron chi connectivity index (χ0n) is 9.51. The first kappa shape index (κ1) is 10.5. The predicted molar refractivity (Wildman–Crippen MR) is 74.0 cm³/mol. The van der Waals surface area contributed by atoms with Crippen LogP contribution in [0.3, 0.4) is 0 Å². The zero-order chi connectivity index (χ0) is 12.1. The second-order valence-corrected chi connectivity index (χ2v) is 6.83. The highest BCUT2D eigenvalue weighted by atomic mass is 32.2. The van der Waals surface area contributed by atoms with Crippen LogP contribution >= 0.6 is 22.7 Å². The first-order valence-corrected chi connectivity index (χ1v) is 7.49. The molecule has 0 radical (unpaired) electrons. The molecule has 0 saturated heterocycles. The van der Waals surface area contributed by atoms with E-state index in [0.717, 1.165) is 12.2 Å². The summed E-state index contributed by atoms with van der Waals surface area (Å²) < 4.78 is 5.98. The van der Waals surface area contributed by atoms with Gasteiger partial charge in [-0.25, -0.2) is 0 Å². The third kappa shape index (κ3) is 1.42. The summed E-state index contributed by atoms with van der Waals surface area (Å²) in [6.45, 7) is 0.651. The van der Waals surface area contributed by atoms with Crippen molar-refractivity contribution in [1.82, 2.24) is 0 Å². The molecule has 0 fully saturated rings. The first-order chi connectivity index (χ1) is 8.83. The number of hydrogen-bond acceptors (Lipinski definition) is 4. The molecule has 18 heavy (non-hydrogen) atoms. The van der Waals surface area contributed by atoms with E-state index in [-0.39, 0.29) is 9.97 Å². The summed E-state index contributed by atoms with van der Waals surface area (Å²) in [5.74, 6) is 1.21. The second kappa shape index (κ2) is 3.80. The van der Waals surface area contributed by atoms with Crippen LogP contribution in [0.2, 0.25) is 0 Å². The van der Waals surface area contributed by atoms with Crippen molar-refractivity contribution in [2.24, 2.45) is 0 Å². The molecule has 1 unspecified atom stereocenters. The number of hydrogen-bond donors (Lipinski definition) is 0. The van der Waals surface area contributed by atoms with E-state index < -0.39 is 0 Å². The molecule has 1 aromatic heterocycles. The van der Waals surface area contributed by atoms with Gasteiger partial charge in [0.1, 0.15) is 12.4 Å². The maximum absolute atomic E-state index is 11.6. The lowest BCUT2D eigenvalue weighted by molar-refractivity contribution is 0.324. The third-order valence-corrected chi connectivity index (χ3v) is 5.78. The van der Waals surface area contributed by atoms with Gasteiger partial charge in [0.15, 0.2) is 0 Å². The van der Waals surface area contributed by atoms with Crippen LogP contribution in [0.4, 0.5) is 0 Å². The van der Waals surface area contributed by atoms with E-state index >= 15 is 0 Å². The Bertz CT molecular complexity index is 709. The number of benzene rings is 1. The summed E-state index contributed by atoms with van der Waals surface area (Å²) in [7, 11) is 0. The topological polar surface area (TPSA) is 26.3 Å². The SMILES string of the molecule is O=c1sc2c(s1)C1C(=CC2)COc2ccccc21. The van der Waals surface area contributed by atoms with Crippen molar-refractivity contribution >= 4 is 22.7 Å². The van der Waals surface area contributed by atoms with Crippen LogP contribution < -0.4 is 8.79 Å². The Hall–Kier alpha value is -1.39. The Morgan fingerprint density at radius 2 is 2.11 bits per heavy atom. The van der Waals surface area contributed by atoms with Crippen molar-refractivity contribution in [3.05, 3.63) is 60.1 Å². The normalized spacial score (nSPS) is 20.2. The molecule has 1 atom stereocenters. The summed E-state index contributed by atoms with van der Waals surface area (Å²) in [5.41, 5.74) is 2.50. The fourth-order valence-corrected chi connectivity index (χ4v) is 5.03. The van der Waals surface area contributed by atoms with Gasteiger partial charge in [0.2, 0.25) is 0 Å². The molecule has 0 N–H and O–H groups in total. The van der Waals surface area contributed by atoms with Crippen LogP contribution in [0, 0.1) is 0 Å². The Kier molecular flexibility index (Phi) is 2.22. The lowest BCUT2D eigenvalue weighted by atomic mass is 9.83. The van der Waals surface area contributed by atoms with E-state index in [1.54, 1.807) is 0 Å². The smallest absolute Gasteiger partial charge is 0.287 e. The van der Waals surface area contributed by atoms with E-state index in [1.807, 2.05) is 18.2 Å². The molecular weight excluding hydrogens is 264 g/mol. The van der Waals surface area contributed by atoms with E-state index in [9.17, 15) is 4.79 Å². The molecule has 90 valence electrons. The molecule has 2 aromatic rings. The van der Waals surface area contributed by atoms with E-state index in [0.29, 0.717) is 6.61 Å². The number of allylic oxidation sites excluding steroid dienone is 1. The van der Waals surface area contributed by atoms with Gasteiger partial charge in [-0.05, 0) is 11.6 Å². The molecule has 4 rings (SSSR count). The first-order valence-electron chi connectivity index (χ1n) is 5.86. The van der Waals surface area contributed by atoms with Crippen molar-refractivity contribution in [1.29, 1.82) is 0 Å². The molecule has 0 amide bonds. The van der Waals surface area contributed by atoms with Crippen LogP contribution in [0.5, 0.6) is 5.75 Å². The minimum Gasteiger partial charge on any atom is -0.489 e. The molecule has 0 spiro atoms. The largest absolute Gasteiger partial charge is 0.489 e. The van der Waals surface area contributed by atoms with Crippen molar-refractivity contribution in [3.8, 4) is 5.75 Å². The minimum absolute atomic E-state index is 0.207. The lowest BCUT2D eigenvalue weighted by Gasteiger charge is -2.30. The standard InChI is InChI=1S/C14H10O2S2/c15-14-17-11-6-5-8-7-16-10-4-2-1-3-9(10)12(8)13(11)18-14/h1-5,12H,6-7H2. The van der Waals surface area contributed by atoms with E-state index in [1.165, 1.54) is 43.6 Å². The fourth-order valence-electron chi connectivity index (χ4n) is 2.69. The van der Waals surface area contributed by atoms with E-state index in [4.69, 9.17) is 4.74 Å². The quantitative estimate of drug-likeness (QED) is 0.690. The van der Waals surface area contributed by atoms with Crippen LogP contribution in [0.15, 0.2) is 40.7 Å². The molecule has 1 aliphatic heterocycles. The molecule has 1 aromatic carbocycles. The summed E-state index contributed by atoms with van der Waals surface area (Å²) >= 11 is 2.80. The molecular formula is C14H10O2S2. The lowest BCUT2D eigenvalue weighted by Crippen LogP contribution is -2.21. The van der Waals surface area contributed by atoms with Gasteiger partial charge in [0, 0.05) is 27.7 Å². The van der Waals surface area contributed by atoms with Gasteiger partial charge in [-0.3, -0.25) is 4.79 Å². The van der Waals surface area contributed by atoms with Gasteiger partial charge in [-0.15, -0.1) is 0 Å². The molecule has 4 heteroatoms. The number of para-hydroxylation sites is 1. The van der Waals surface area contributed by atoms with Gasteiger partial charge in [0.25, 0.3) is 4.06 Å². The summed E-state index contributed by atoms with van der Waals surface area (Å²) in [6.07, 6.45) is 3.11. The van der Waals surface area contributed by atoms with Gasteiger partial charge in [0.05, 0.1) is 0 Å². The Morgan fingerprint density at radius 1 is 1.22 bits per heavy atom. The molecule has 2 aliphatic rings. The summed E-state index contributed by atoms with van der Waals surface area (Å²) in [5, 5.41) is 0. The monoisotopic (exact) mass is 274 g/mol. The highest BCUT2D eigenvalue weighted by Crippen LogP contribution is 2.46. The van der Waals surface area contributed by atoms with Gasteiger partial charge in [-0.1, -0.05) is 46.9 Å². The molecule has 0 bridgehead atoms. The number of ether oxygens (including phenoxy) is 1. The van der Waals surface area contributed by atoms with Crippen molar-refractivity contribution in [2.75, 3.05) is 6.61 Å². The Morgan fingerprint density at radius 3 is 3.06 bits per heavy atom. The Labute approximate surface area is 112 Å². The zero-order valence-corrected chi connectivity index (χ0v) is 11.1.